The molecule has 22 nitrogen and oxygen atoms in total. The monoisotopic (exact) mass is 1660 g/mol. The Kier molecular flexibility index (Phi) is 36.0. The van der Waals surface area contributed by atoms with Gasteiger partial charge in [-0.1, -0.05) is 158 Å². The fourth-order valence-electron chi connectivity index (χ4n) is 12.8. The summed E-state index contributed by atoms with van der Waals surface area (Å²) in [7, 11) is -2.76. The fraction of sp³-hybridized carbons (Fsp3) is 0.279. The molecule has 0 unspecified atom stereocenters. The summed E-state index contributed by atoms with van der Waals surface area (Å²) >= 11 is 7.01. The van der Waals surface area contributed by atoms with Gasteiger partial charge in [0.05, 0.1) is 26.4 Å². The molecule has 0 fully saturated rings. The van der Waals surface area contributed by atoms with E-state index in [1.165, 1.54) is 4.72 Å². The maximum absolute atomic E-state index is 12.5. The average molecular weight is 1670 g/mol. The number of nitrogens with zero attached hydrogens (tertiary/aromatic N) is 5. The van der Waals surface area contributed by atoms with Gasteiger partial charge in [0, 0.05) is 129 Å². The number of ketones is 2. The number of Topliss-reactive ketones (excluding diaryl/α,β-unsaturated/α-hetero) is 2. The van der Waals surface area contributed by atoms with Gasteiger partial charge in [0.25, 0.3) is 0 Å². The van der Waals surface area contributed by atoms with Crippen LogP contribution in [0.3, 0.4) is 0 Å². The van der Waals surface area contributed by atoms with Gasteiger partial charge in [0.2, 0.25) is 0 Å². The second-order valence-corrected chi connectivity index (χ2v) is 29.5. The summed E-state index contributed by atoms with van der Waals surface area (Å²) < 4.78 is 26.0. The third kappa shape index (κ3) is 27.4. The van der Waals surface area contributed by atoms with Gasteiger partial charge in [-0.15, -0.1) is 0 Å². The molecule has 0 aliphatic heterocycles. The van der Waals surface area contributed by atoms with Crippen molar-refractivity contribution in [3.63, 3.8) is 0 Å². The molecule has 0 amide bonds. The van der Waals surface area contributed by atoms with Gasteiger partial charge in [0.1, 0.15) is 34.8 Å². The number of fused-ring (bicyclic) bond motifs is 4. The molecule has 28 heteroatoms. The highest BCUT2D eigenvalue weighted by molar-refractivity contribution is 9.11. The standard InChI is InChI=1S/C29H32BN3O3.C28H29N3O2.C16H25B3BrN3O4.C13H16BrN3O/c1-30(35)33-14-5-15-36-20-23-10-13-26-27(18-23)28(19-32-29(26)31)24-11-8-22(9-12-24)17-25(34)16-21-6-3-2-4-7-21;29-13-4-14-33-19-22-9-12-25-26(17-22)27(18-31-28(25)30)23-10-7-21(8-11-23)16-24(32)15-20-5-2-1-3-6-20;1-17(24)22-7-4-8-27-11-12-5-6-13-14(9-12)15(20)10-21-16(13)23(18(2)25)19(3)26;14-12-7-17-13(16)10-3-2-9(6-11(10)12)8-18-5-1-4-15/h2-4,6-13,18-19,33,35H,5,14-17,20H2,1H3,(H2,31,32);1-3,5-12,17-18H,4,13-16,19,29H2,(H2,30,31);5-6,9-10,22,24-26H,4,7-8,11H2,1-3H3;2-3,6-7H,1,4-5,8,15H2,(H2,16,17). The number of rotatable bonds is 37. The van der Waals surface area contributed by atoms with E-state index in [0.717, 1.165) is 144 Å². The van der Waals surface area contributed by atoms with Crippen LogP contribution < -0.4 is 43.8 Å². The molecule has 0 aliphatic rings. The summed E-state index contributed by atoms with van der Waals surface area (Å²) in [4.78, 5) is 42.3. The molecule has 12 aromatic rings. The van der Waals surface area contributed by atoms with Crippen LogP contribution in [0.15, 0.2) is 216 Å². The predicted molar refractivity (Wildman–Crippen MR) is 473 cm³/mol. The van der Waals surface area contributed by atoms with Crippen LogP contribution in [0.5, 0.6) is 0 Å². The van der Waals surface area contributed by atoms with E-state index in [4.69, 9.17) is 52.6 Å². The summed E-state index contributed by atoms with van der Waals surface area (Å²) in [5.41, 5.74) is 41.5. The Hall–Kier alpha value is -9.32. The average Bonchev–Trinajstić information content (AvgIpc) is 0.784. The van der Waals surface area contributed by atoms with Crippen molar-refractivity contribution in [2.75, 3.05) is 74.5 Å². The van der Waals surface area contributed by atoms with Crippen LogP contribution in [-0.4, -0.2) is 132 Å². The van der Waals surface area contributed by atoms with E-state index in [1.54, 1.807) is 45.9 Å². The molecule has 0 atom stereocenters. The number of nitrogens with two attached hydrogens (primary N) is 5. The number of nitrogens with one attached hydrogen (secondary N) is 2. The molecule has 16 N–H and O–H groups in total. The van der Waals surface area contributed by atoms with Gasteiger partial charge in [-0.3, -0.25) is 9.59 Å². The quantitative estimate of drug-likeness (QED) is 0.0127. The lowest BCUT2D eigenvalue weighted by Gasteiger charge is -2.27. The van der Waals surface area contributed by atoms with Crippen molar-refractivity contribution >= 4 is 138 Å². The SMILES string of the molecule is CB(O)NCCCOCc1ccc2c(N(B(C)O)B(C)O)ncc(Br)c2c1.CB(O)NCCCOCc1ccc2c(N)ncc(-c3ccc(CC(=O)Cc4ccccc4)cc3)c2c1.NCCCOCc1ccc2c(N)ncc(-c3ccc(CC(=O)Cc4ccccc4)cc3)c2c1.NCCCOCc1ccc2c(N)ncc(Br)c2c1. The van der Waals surface area contributed by atoms with Crippen LogP contribution >= 0.6 is 31.9 Å². The number of pyridine rings is 4. The van der Waals surface area contributed by atoms with E-state index >= 15 is 0 Å². The minimum absolute atomic E-state index is 0.194. The maximum Gasteiger partial charge on any atom is 0.399 e. The number of hydrogen-bond donors (Lipinski definition) is 11. The summed E-state index contributed by atoms with van der Waals surface area (Å²) in [5.74, 6) is 2.47. The van der Waals surface area contributed by atoms with E-state index in [1.807, 2.05) is 170 Å². The van der Waals surface area contributed by atoms with Gasteiger partial charge >= 0.3 is 28.2 Å². The highest BCUT2D eigenvalue weighted by Gasteiger charge is 2.28. The number of halogens is 2. The molecule has 12 rings (SSSR count). The van der Waals surface area contributed by atoms with Crippen LogP contribution in [0, 0.1) is 0 Å². The first-order valence-corrected chi connectivity index (χ1v) is 40.0. The minimum atomic E-state index is -0.875. The molecule has 0 saturated carbocycles. The molecule has 0 bridgehead atoms. The zero-order valence-electron chi connectivity index (χ0n) is 65.2. The fourth-order valence-corrected chi connectivity index (χ4v) is 13.6. The molecular formula is C86H102B4Br2N12O10. The lowest BCUT2D eigenvalue weighted by atomic mass is 9.69. The van der Waals surface area contributed by atoms with Crippen molar-refractivity contribution in [2.45, 2.75) is 105 Å². The number of carbonyl (C=O) groups is 2. The van der Waals surface area contributed by atoms with Crippen molar-refractivity contribution in [1.29, 1.82) is 0 Å². The summed E-state index contributed by atoms with van der Waals surface area (Å²) in [6.45, 7) is 13.9. The van der Waals surface area contributed by atoms with Crippen molar-refractivity contribution in [2.24, 2.45) is 11.5 Å². The summed E-state index contributed by atoms with van der Waals surface area (Å²) in [6.07, 6.45) is 12.1. The van der Waals surface area contributed by atoms with Gasteiger partial charge in [-0.25, -0.2) is 19.9 Å². The molecule has 0 spiro atoms. The first-order chi connectivity index (χ1) is 55.2. The summed E-state index contributed by atoms with van der Waals surface area (Å²) in [6, 6.07) is 60.1. The molecule has 592 valence electrons. The van der Waals surface area contributed by atoms with Gasteiger partial charge < -0.3 is 82.9 Å². The Morgan fingerprint density at radius 1 is 0.386 bits per heavy atom. The molecule has 8 aromatic carbocycles. The third-order valence-electron chi connectivity index (χ3n) is 18.5. The number of nitrogen functional groups attached to an aromatic ring is 3. The number of anilines is 4. The number of hydrogen-bond acceptors (Lipinski definition) is 22. The first-order valence-electron chi connectivity index (χ1n) is 38.4. The number of carbonyl (C=O) groups excluding carboxylic acids is 2. The normalized spacial score (nSPS) is 11.0. The molecule has 0 aliphatic carbocycles. The smallest absolute Gasteiger partial charge is 0.399 e. The Balaban J connectivity index is 0.000000179. The topological polar surface area (TPSA) is 361 Å². The van der Waals surface area contributed by atoms with Crippen LogP contribution in [0.2, 0.25) is 27.3 Å². The lowest BCUT2D eigenvalue weighted by molar-refractivity contribution is -0.118. The van der Waals surface area contributed by atoms with E-state index in [0.29, 0.717) is 128 Å². The largest absolute Gasteiger partial charge is 0.437 e. The van der Waals surface area contributed by atoms with Crippen LogP contribution in [0.4, 0.5) is 23.3 Å². The van der Waals surface area contributed by atoms with Crippen LogP contribution in [0.25, 0.3) is 65.3 Å². The highest BCUT2D eigenvalue weighted by atomic mass is 79.9. The number of aromatic nitrogens is 4. The summed E-state index contributed by atoms with van der Waals surface area (Å²) in [5, 5.41) is 52.0. The Morgan fingerprint density at radius 2 is 0.693 bits per heavy atom. The van der Waals surface area contributed by atoms with Crippen LogP contribution in [-0.2, 0) is 80.6 Å². The number of ether oxygens (including phenoxy) is 4. The first kappa shape index (κ1) is 88.6. The Labute approximate surface area is 686 Å². The van der Waals surface area contributed by atoms with Gasteiger partial charge in [0.15, 0.2) is 0 Å². The zero-order valence-corrected chi connectivity index (χ0v) is 68.4. The second kappa shape index (κ2) is 46.3. The maximum atomic E-state index is 12.5. The number of benzene rings is 8. The van der Waals surface area contributed by atoms with Crippen molar-refractivity contribution in [3.05, 3.63) is 260 Å². The molecule has 4 aromatic heterocycles. The third-order valence-corrected chi connectivity index (χ3v) is 19.8. The molecule has 0 radical (unpaired) electrons. The molecule has 0 saturated heterocycles. The van der Waals surface area contributed by atoms with Gasteiger partial charge in [-0.2, -0.15) is 0 Å². The van der Waals surface area contributed by atoms with E-state index in [-0.39, 0.29) is 11.6 Å². The minimum Gasteiger partial charge on any atom is -0.437 e. The Bertz CT molecular complexity index is 5030. The van der Waals surface area contributed by atoms with E-state index in [2.05, 4.69) is 80.5 Å². The second-order valence-electron chi connectivity index (χ2n) is 27.8. The van der Waals surface area contributed by atoms with E-state index in [9.17, 15) is 24.7 Å². The molecule has 4 heterocycles. The van der Waals surface area contributed by atoms with Gasteiger partial charge in [-0.05, 0) is 202 Å². The van der Waals surface area contributed by atoms with E-state index < -0.39 is 28.2 Å². The highest BCUT2D eigenvalue weighted by Crippen LogP contribution is 2.36. The lowest BCUT2D eigenvalue weighted by Crippen LogP contribution is -2.47. The zero-order chi connectivity index (χ0) is 81.3. The van der Waals surface area contributed by atoms with Crippen molar-refractivity contribution in [1.82, 2.24) is 30.4 Å². The molecular weight excluding hydrogens is 1560 g/mol. The molecule has 114 heavy (non-hydrogen) atoms. The van der Waals surface area contributed by atoms with Crippen molar-refractivity contribution in [3.8, 4) is 22.3 Å². The van der Waals surface area contributed by atoms with Crippen LogP contribution in [0.1, 0.15) is 70.2 Å². The van der Waals surface area contributed by atoms with Crippen molar-refractivity contribution < 1.29 is 48.6 Å². The Morgan fingerprint density at radius 3 is 1.05 bits per heavy atom. The predicted octanol–water partition coefficient (Wildman–Crippen LogP) is 13.2.